The zero-order valence-corrected chi connectivity index (χ0v) is 10.0. The molecule has 0 radical (unpaired) electrons. The second-order valence-electron chi connectivity index (χ2n) is 3.98. The monoisotopic (exact) mass is 233 g/mol. The molecule has 0 spiro atoms. The molecule has 1 atom stereocenters. The van der Waals surface area contributed by atoms with Crippen LogP contribution in [0, 0.1) is 5.82 Å². The third-order valence-corrected chi connectivity index (χ3v) is 2.72. The Morgan fingerprint density at radius 2 is 2.18 bits per heavy atom. The van der Waals surface area contributed by atoms with Crippen LogP contribution < -0.4 is 5.32 Å². The molecule has 0 amide bonds. The fraction of sp³-hybridized carbons (Fsp3) is 0.308. The van der Waals surface area contributed by atoms with Crippen LogP contribution in [0.25, 0.3) is 0 Å². The van der Waals surface area contributed by atoms with Crippen molar-refractivity contribution in [3.8, 4) is 0 Å². The maximum absolute atomic E-state index is 13.5. The van der Waals surface area contributed by atoms with Gasteiger partial charge in [0, 0.05) is 18.3 Å². The van der Waals surface area contributed by atoms with Crippen molar-refractivity contribution in [2.24, 2.45) is 0 Å². The first-order valence-electron chi connectivity index (χ1n) is 5.74. The van der Waals surface area contributed by atoms with Gasteiger partial charge in [0.2, 0.25) is 0 Å². The molecule has 1 aromatic heterocycles. The molecule has 90 valence electrons. The molecule has 2 rings (SSSR count). The highest BCUT2D eigenvalue weighted by Crippen LogP contribution is 2.20. The van der Waals surface area contributed by atoms with Crippen molar-refractivity contribution in [2.45, 2.75) is 26.4 Å². The molecule has 1 aromatic carbocycles. The second kappa shape index (κ2) is 4.99. The SMILES string of the molecule is CCn1cc(C(C)Nc2ccccc2F)cn1. The number of hydrogen-bond acceptors (Lipinski definition) is 2. The van der Waals surface area contributed by atoms with Crippen molar-refractivity contribution in [1.82, 2.24) is 9.78 Å². The summed E-state index contributed by atoms with van der Waals surface area (Å²) in [5.41, 5.74) is 1.57. The van der Waals surface area contributed by atoms with Crippen LogP contribution >= 0.6 is 0 Å². The number of benzene rings is 1. The van der Waals surface area contributed by atoms with E-state index in [2.05, 4.69) is 10.4 Å². The van der Waals surface area contributed by atoms with Crippen molar-refractivity contribution in [3.63, 3.8) is 0 Å². The number of nitrogens with one attached hydrogen (secondary N) is 1. The van der Waals surface area contributed by atoms with E-state index in [0.717, 1.165) is 12.1 Å². The van der Waals surface area contributed by atoms with Crippen LogP contribution in [0.15, 0.2) is 36.7 Å². The molecule has 3 nitrogen and oxygen atoms in total. The Bertz CT molecular complexity index is 493. The average Bonchev–Trinajstić information content (AvgIpc) is 2.81. The predicted molar refractivity (Wildman–Crippen MR) is 66.3 cm³/mol. The van der Waals surface area contributed by atoms with Gasteiger partial charge in [-0.25, -0.2) is 4.39 Å². The molecule has 0 aliphatic heterocycles. The molecule has 1 N–H and O–H groups in total. The van der Waals surface area contributed by atoms with Gasteiger partial charge in [-0.15, -0.1) is 0 Å². The Kier molecular flexibility index (Phi) is 3.42. The summed E-state index contributed by atoms with van der Waals surface area (Å²) >= 11 is 0. The van der Waals surface area contributed by atoms with E-state index in [1.165, 1.54) is 6.07 Å². The second-order valence-corrected chi connectivity index (χ2v) is 3.98. The highest BCUT2D eigenvalue weighted by Gasteiger charge is 2.09. The lowest BCUT2D eigenvalue weighted by Gasteiger charge is -2.13. The normalized spacial score (nSPS) is 12.4. The number of aryl methyl sites for hydroxylation is 1. The van der Waals surface area contributed by atoms with Gasteiger partial charge in [0.15, 0.2) is 0 Å². The van der Waals surface area contributed by atoms with Crippen LogP contribution in [0.5, 0.6) is 0 Å². The van der Waals surface area contributed by atoms with E-state index in [1.54, 1.807) is 12.1 Å². The maximum atomic E-state index is 13.5. The first-order valence-corrected chi connectivity index (χ1v) is 5.74. The number of para-hydroxylation sites is 1. The molecule has 0 saturated heterocycles. The van der Waals surface area contributed by atoms with Crippen molar-refractivity contribution in [1.29, 1.82) is 0 Å². The van der Waals surface area contributed by atoms with E-state index >= 15 is 0 Å². The molecule has 0 aliphatic carbocycles. The highest BCUT2D eigenvalue weighted by atomic mass is 19.1. The zero-order chi connectivity index (χ0) is 12.3. The fourth-order valence-corrected chi connectivity index (χ4v) is 1.67. The molecule has 17 heavy (non-hydrogen) atoms. The number of anilines is 1. The lowest BCUT2D eigenvalue weighted by molar-refractivity contribution is 0.627. The standard InChI is InChI=1S/C13H16FN3/c1-3-17-9-11(8-15-17)10(2)16-13-7-5-4-6-12(13)14/h4-10,16H,3H2,1-2H3. The Morgan fingerprint density at radius 1 is 1.41 bits per heavy atom. The molecule has 0 saturated carbocycles. The van der Waals surface area contributed by atoms with Gasteiger partial charge in [0.05, 0.1) is 17.9 Å². The molecule has 2 aromatic rings. The lowest BCUT2D eigenvalue weighted by atomic mass is 10.2. The molecule has 1 heterocycles. The summed E-state index contributed by atoms with van der Waals surface area (Å²) in [5, 5.41) is 7.34. The van der Waals surface area contributed by atoms with E-state index in [-0.39, 0.29) is 11.9 Å². The summed E-state index contributed by atoms with van der Waals surface area (Å²) in [6.07, 6.45) is 3.78. The number of rotatable bonds is 4. The molecule has 0 bridgehead atoms. The van der Waals surface area contributed by atoms with Gasteiger partial charge in [-0.1, -0.05) is 12.1 Å². The van der Waals surface area contributed by atoms with Gasteiger partial charge in [0.25, 0.3) is 0 Å². The summed E-state index contributed by atoms with van der Waals surface area (Å²) in [5.74, 6) is -0.234. The van der Waals surface area contributed by atoms with Crippen molar-refractivity contribution < 1.29 is 4.39 Å². The Labute approximate surface area is 100 Å². The van der Waals surface area contributed by atoms with Gasteiger partial charge < -0.3 is 5.32 Å². The Morgan fingerprint density at radius 3 is 2.82 bits per heavy atom. The van der Waals surface area contributed by atoms with Crippen LogP contribution in [-0.4, -0.2) is 9.78 Å². The van der Waals surface area contributed by atoms with Crippen LogP contribution in [0.3, 0.4) is 0 Å². The number of nitrogens with zero attached hydrogens (tertiary/aromatic N) is 2. The molecule has 4 heteroatoms. The first-order chi connectivity index (χ1) is 8.20. The number of aromatic nitrogens is 2. The first kappa shape index (κ1) is 11.6. The Hall–Kier alpha value is -1.84. The molecule has 1 unspecified atom stereocenters. The third-order valence-electron chi connectivity index (χ3n) is 2.72. The lowest BCUT2D eigenvalue weighted by Crippen LogP contribution is -2.07. The summed E-state index contributed by atoms with van der Waals surface area (Å²) in [6.45, 7) is 4.86. The number of hydrogen-bond donors (Lipinski definition) is 1. The van der Waals surface area contributed by atoms with Gasteiger partial charge in [-0.05, 0) is 26.0 Å². The fourth-order valence-electron chi connectivity index (χ4n) is 1.67. The summed E-state index contributed by atoms with van der Waals surface area (Å²) < 4.78 is 15.3. The minimum Gasteiger partial charge on any atom is -0.376 e. The maximum Gasteiger partial charge on any atom is 0.146 e. The van der Waals surface area contributed by atoms with Crippen LogP contribution in [0.4, 0.5) is 10.1 Å². The van der Waals surface area contributed by atoms with E-state index < -0.39 is 0 Å². The van der Waals surface area contributed by atoms with Crippen LogP contribution in [-0.2, 0) is 6.54 Å². The van der Waals surface area contributed by atoms with Crippen LogP contribution in [0.1, 0.15) is 25.5 Å². The van der Waals surface area contributed by atoms with Crippen LogP contribution in [0.2, 0.25) is 0 Å². The topological polar surface area (TPSA) is 29.9 Å². The predicted octanol–water partition coefficient (Wildman–Crippen LogP) is 3.22. The average molecular weight is 233 g/mol. The minimum absolute atomic E-state index is 0.0344. The molecule has 0 aliphatic rings. The van der Waals surface area contributed by atoms with E-state index in [1.807, 2.05) is 37.0 Å². The van der Waals surface area contributed by atoms with Gasteiger partial charge in [-0.2, -0.15) is 5.10 Å². The van der Waals surface area contributed by atoms with Gasteiger partial charge >= 0.3 is 0 Å². The summed E-state index contributed by atoms with van der Waals surface area (Å²) in [4.78, 5) is 0. The van der Waals surface area contributed by atoms with E-state index in [4.69, 9.17) is 0 Å². The molecule has 0 fully saturated rings. The largest absolute Gasteiger partial charge is 0.376 e. The van der Waals surface area contributed by atoms with Gasteiger partial charge in [-0.3, -0.25) is 4.68 Å². The van der Waals surface area contributed by atoms with Crippen molar-refractivity contribution >= 4 is 5.69 Å². The summed E-state index contributed by atoms with van der Waals surface area (Å²) in [7, 11) is 0. The minimum atomic E-state index is -0.234. The quantitative estimate of drug-likeness (QED) is 0.878. The molecular formula is C13H16FN3. The highest BCUT2D eigenvalue weighted by molar-refractivity contribution is 5.46. The van der Waals surface area contributed by atoms with Crippen molar-refractivity contribution in [3.05, 3.63) is 48.0 Å². The Balaban J connectivity index is 2.11. The zero-order valence-electron chi connectivity index (χ0n) is 10.0. The molecular weight excluding hydrogens is 217 g/mol. The summed E-state index contributed by atoms with van der Waals surface area (Å²) in [6, 6.07) is 6.71. The van der Waals surface area contributed by atoms with E-state index in [9.17, 15) is 4.39 Å². The number of halogens is 1. The van der Waals surface area contributed by atoms with Crippen molar-refractivity contribution in [2.75, 3.05) is 5.32 Å². The smallest absolute Gasteiger partial charge is 0.146 e. The van der Waals surface area contributed by atoms with E-state index in [0.29, 0.717) is 5.69 Å². The third kappa shape index (κ3) is 2.64. The van der Waals surface area contributed by atoms with Gasteiger partial charge in [0.1, 0.15) is 5.82 Å².